The van der Waals surface area contributed by atoms with Crippen LogP contribution >= 0.6 is 0 Å². The van der Waals surface area contributed by atoms with E-state index in [1.807, 2.05) is 72.0 Å². The van der Waals surface area contributed by atoms with Crippen molar-refractivity contribution in [1.29, 1.82) is 0 Å². The largest absolute Gasteiger partial charge is 0.391 e. The van der Waals surface area contributed by atoms with Crippen LogP contribution in [0.4, 0.5) is 34.6 Å². The first-order chi connectivity index (χ1) is 34.1. The summed E-state index contributed by atoms with van der Waals surface area (Å²) >= 11 is 0. The highest BCUT2D eigenvalue weighted by Gasteiger charge is 2.37. The molecular formula is C50H56N16O4. The second-order valence-corrected chi connectivity index (χ2v) is 18.6. The fourth-order valence-corrected chi connectivity index (χ4v) is 9.63. The third-order valence-electron chi connectivity index (χ3n) is 14.0. The zero-order valence-corrected chi connectivity index (χ0v) is 39.0. The highest BCUT2D eigenvalue weighted by molar-refractivity contribution is 5.96. The Labute approximate surface area is 403 Å². The van der Waals surface area contributed by atoms with Gasteiger partial charge in [-0.1, -0.05) is 0 Å². The number of hydrogen-bond donors (Lipinski definition) is 6. The van der Waals surface area contributed by atoms with Crippen LogP contribution in [-0.4, -0.2) is 146 Å². The number of nitrogens with one attached hydrogen (secondary N) is 2. The fraction of sp³-hybridized carbons (Fsp3) is 0.360. The van der Waals surface area contributed by atoms with Gasteiger partial charge in [0.1, 0.15) is 23.3 Å². The van der Waals surface area contributed by atoms with Crippen LogP contribution in [0.1, 0.15) is 36.1 Å². The number of nitrogens with zero attached hydrogens (tertiary/aromatic N) is 12. The predicted molar refractivity (Wildman–Crippen MR) is 267 cm³/mol. The van der Waals surface area contributed by atoms with Gasteiger partial charge in [0.2, 0.25) is 0 Å². The summed E-state index contributed by atoms with van der Waals surface area (Å²) in [5.74, 6) is 2.21. The lowest BCUT2D eigenvalue weighted by Crippen LogP contribution is -2.55. The number of nitrogen functional groups attached to an aromatic ring is 2. The van der Waals surface area contributed by atoms with Crippen molar-refractivity contribution in [2.24, 2.45) is 0 Å². The standard InChI is InChI=1S/2C25H28N8O2/c2*1-15-2-4-27-9-19(15)21-6-16-7-24(28-10-20(16)25(26)31-21)30-17-8-29-33(11-17)22-12-32(5-3-23(22)34)18-13-35-14-18/h2*2,4,6-11,18,22-23,34H,3,5,12-14H2,1H3,(H2,26,31)(H,28,30)/t2*22-,23-/m10/s1. The zero-order valence-electron chi connectivity index (χ0n) is 39.0. The molecule has 360 valence electrons. The molecule has 12 rings (SSSR count). The van der Waals surface area contributed by atoms with E-state index in [0.29, 0.717) is 35.4 Å². The van der Waals surface area contributed by atoms with Crippen LogP contribution in [-0.2, 0) is 9.47 Å². The Kier molecular flexibility index (Phi) is 12.5. The molecule has 4 saturated heterocycles. The molecule has 8 N–H and O–H groups in total. The maximum Gasteiger partial charge on any atom is 0.133 e. The van der Waals surface area contributed by atoms with Crippen LogP contribution in [0, 0.1) is 13.8 Å². The Balaban J connectivity index is 0.000000152. The summed E-state index contributed by atoms with van der Waals surface area (Å²) < 4.78 is 14.4. The van der Waals surface area contributed by atoms with E-state index in [9.17, 15) is 10.2 Å². The van der Waals surface area contributed by atoms with E-state index < -0.39 is 12.2 Å². The maximum absolute atomic E-state index is 10.6. The molecular weight excluding hydrogens is 889 g/mol. The van der Waals surface area contributed by atoms with Gasteiger partial charge in [0.05, 0.1) is 98.0 Å². The van der Waals surface area contributed by atoms with Crippen LogP contribution in [0.25, 0.3) is 44.1 Å². The summed E-state index contributed by atoms with van der Waals surface area (Å²) in [6.45, 7) is 10.4. The van der Waals surface area contributed by atoms with E-state index in [2.05, 4.69) is 60.5 Å². The molecule has 8 aromatic rings. The van der Waals surface area contributed by atoms with Crippen molar-refractivity contribution < 1.29 is 19.7 Å². The number of aryl methyl sites for hydroxylation is 2. The number of likely N-dealkylation sites (tertiary alicyclic amines) is 2. The molecule has 0 spiro atoms. The van der Waals surface area contributed by atoms with E-state index in [4.69, 9.17) is 20.9 Å². The highest BCUT2D eigenvalue weighted by Crippen LogP contribution is 2.33. The lowest BCUT2D eigenvalue weighted by atomic mass is 10.00. The quantitative estimate of drug-likeness (QED) is 0.105. The molecule has 0 bridgehead atoms. The number of fused-ring (bicyclic) bond motifs is 2. The third kappa shape index (κ3) is 9.31. The molecule has 20 heteroatoms. The minimum atomic E-state index is -0.427. The minimum absolute atomic E-state index is 0.0967. The summed E-state index contributed by atoms with van der Waals surface area (Å²) in [7, 11) is 0. The van der Waals surface area contributed by atoms with Gasteiger partial charge in [-0.3, -0.25) is 29.1 Å². The summed E-state index contributed by atoms with van der Waals surface area (Å²) in [6, 6.07) is 12.5. The predicted octanol–water partition coefficient (Wildman–Crippen LogP) is 5.06. The number of aromatic nitrogens is 10. The van der Waals surface area contributed by atoms with Gasteiger partial charge in [0.25, 0.3) is 0 Å². The molecule has 4 aliphatic heterocycles. The Morgan fingerprint density at radius 3 is 1.44 bits per heavy atom. The minimum Gasteiger partial charge on any atom is -0.391 e. The molecule has 4 fully saturated rings. The summed E-state index contributed by atoms with van der Waals surface area (Å²) in [6.07, 6.45) is 18.6. The zero-order chi connectivity index (χ0) is 47.9. The first-order valence-electron chi connectivity index (χ1n) is 23.7. The van der Waals surface area contributed by atoms with E-state index >= 15 is 0 Å². The fourth-order valence-electron chi connectivity index (χ4n) is 9.63. The average molecular weight is 945 g/mol. The van der Waals surface area contributed by atoms with Crippen LogP contribution < -0.4 is 22.1 Å². The van der Waals surface area contributed by atoms with Gasteiger partial charge in [-0.15, -0.1) is 0 Å². The van der Waals surface area contributed by atoms with Crippen molar-refractivity contribution in [1.82, 2.24) is 59.3 Å². The number of ether oxygens (including phenoxy) is 2. The van der Waals surface area contributed by atoms with Gasteiger partial charge >= 0.3 is 0 Å². The second kappa shape index (κ2) is 19.3. The smallest absolute Gasteiger partial charge is 0.133 e. The van der Waals surface area contributed by atoms with Crippen molar-refractivity contribution in [3.05, 3.63) is 109 Å². The topological polar surface area (TPSA) is 254 Å². The lowest BCUT2D eigenvalue weighted by molar-refractivity contribution is -0.0912. The molecule has 20 nitrogen and oxygen atoms in total. The number of anilines is 6. The molecule has 12 heterocycles. The number of rotatable bonds is 10. The molecule has 0 saturated carbocycles. The van der Waals surface area contributed by atoms with Gasteiger partial charge < -0.3 is 41.8 Å². The van der Waals surface area contributed by atoms with Crippen molar-refractivity contribution in [2.45, 2.75) is 63.1 Å². The molecule has 4 atom stereocenters. The van der Waals surface area contributed by atoms with E-state index in [0.717, 1.165) is 132 Å². The van der Waals surface area contributed by atoms with Crippen LogP contribution in [0.2, 0.25) is 0 Å². The number of aliphatic hydroxyl groups is 2. The van der Waals surface area contributed by atoms with Crippen LogP contribution in [0.15, 0.2) is 98.4 Å². The molecule has 0 aromatic carbocycles. The normalized spacial score (nSPS) is 21.2. The van der Waals surface area contributed by atoms with Gasteiger partial charge in [-0.2, -0.15) is 10.2 Å². The Morgan fingerprint density at radius 2 is 1.04 bits per heavy atom. The molecule has 70 heavy (non-hydrogen) atoms. The van der Waals surface area contributed by atoms with Gasteiger partial charge in [0, 0.05) is 97.7 Å². The Bertz CT molecular complexity index is 2950. The van der Waals surface area contributed by atoms with E-state index in [1.54, 1.807) is 49.6 Å². The maximum atomic E-state index is 10.6. The molecule has 0 aliphatic carbocycles. The second-order valence-electron chi connectivity index (χ2n) is 18.6. The molecule has 4 aliphatic rings. The monoisotopic (exact) mass is 944 g/mol. The van der Waals surface area contributed by atoms with Gasteiger partial charge in [-0.25, -0.2) is 19.9 Å². The van der Waals surface area contributed by atoms with Crippen molar-refractivity contribution >= 4 is 56.2 Å². The van der Waals surface area contributed by atoms with E-state index in [1.165, 1.54) is 0 Å². The molecule has 0 unspecified atom stereocenters. The van der Waals surface area contributed by atoms with Crippen molar-refractivity contribution in [3.63, 3.8) is 0 Å². The summed E-state index contributed by atoms with van der Waals surface area (Å²) in [4.78, 5) is 31.4. The number of hydrogen-bond acceptors (Lipinski definition) is 18. The number of aliphatic hydroxyl groups excluding tert-OH is 2. The summed E-state index contributed by atoms with van der Waals surface area (Å²) in [5, 5.41) is 40.4. The Hall–Kier alpha value is -7.20. The highest BCUT2D eigenvalue weighted by atomic mass is 16.5. The Morgan fingerprint density at radius 1 is 0.600 bits per heavy atom. The van der Waals surface area contributed by atoms with Crippen LogP contribution in [0.5, 0.6) is 0 Å². The first-order valence-corrected chi connectivity index (χ1v) is 23.7. The first kappa shape index (κ1) is 45.3. The molecule has 8 aromatic heterocycles. The van der Waals surface area contributed by atoms with Crippen molar-refractivity contribution in [2.75, 3.05) is 74.7 Å². The van der Waals surface area contributed by atoms with E-state index in [-0.39, 0.29) is 12.1 Å². The lowest BCUT2D eigenvalue weighted by Gasteiger charge is -2.43. The van der Waals surface area contributed by atoms with Gasteiger partial charge in [0.15, 0.2) is 0 Å². The summed E-state index contributed by atoms with van der Waals surface area (Å²) in [5.41, 5.74) is 19.7. The number of nitrogens with two attached hydrogens (primary N) is 2. The molecule has 0 amide bonds. The average Bonchev–Trinajstić information content (AvgIpc) is 3.99. The number of pyridine rings is 6. The van der Waals surface area contributed by atoms with Crippen LogP contribution in [0.3, 0.4) is 0 Å². The molecule has 0 radical (unpaired) electrons. The third-order valence-corrected chi connectivity index (χ3v) is 14.0. The SMILES string of the molecule is Cc1ccncc1-c1cc2cc(Nc3cnn([C@@H]4CN(C5COC5)CC[C@H]4O)c3)ncc2c(N)n1.Cc1ccncc1-c1cc2cc(Nc3cnn([C@H]4CN(C5COC5)CC[C@@H]4O)c3)ncc2c(N)n1. The number of piperidine rings is 2. The van der Waals surface area contributed by atoms with Gasteiger partial charge in [-0.05, 0) is 85.0 Å². The van der Waals surface area contributed by atoms with Crippen molar-refractivity contribution in [3.8, 4) is 22.5 Å².